The molecule has 0 spiro atoms. The van der Waals surface area contributed by atoms with E-state index in [0.29, 0.717) is 17.9 Å². The lowest BCUT2D eigenvalue weighted by Gasteiger charge is -2.22. The summed E-state index contributed by atoms with van der Waals surface area (Å²) in [5.74, 6) is 1.38. The molecular weight excluding hydrogens is 366 g/mol. The Kier molecular flexibility index (Phi) is 7.82. The Morgan fingerprint density at radius 1 is 0.852 bits per heavy atom. The number of unbranched alkanes of at least 4 members (excludes halogenated alkanes) is 1. The molecule has 2 aromatic rings. The van der Waals surface area contributed by atoms with Crippen molar-refractivity contribution in [3.05, 3.63) is 59.7 Å². The van der Waals surface area contributed by atoms with Crippen molar-refractivity contribution in [1.29, 1.82) is 0 Å². The van der Waals surface area contributed by atoms with E-state index in [2.05, 4.69) is 0 Å². The van der Waals surface area contributed by atoms with Crippen molar-refractivity contribution >= 4 is 16.3 Å². The highest BCUT2D eigenvalue weighted by Crippen LogP contribution is 2.19. The van der Waals surface area contributed by atoms with Crippen LogP contribution in [0.15, 0.2) is 48.5 Å². The minimum absolute atomic E-state index is 0.0575. The van der Waals surface area contributed by atoms with Gasteiger partial charge in [-0.25, -0.2) is 8.42 Å². The van der Waals surface area contributed by atoms with Gasteiger partial charge in [0.25, 0.3) is 0 Å². The monoisotopic (exact) mass is 391 g/mol. The molecule has 0 bridgehead atoms. The summed E-state index contributed by atoms with van der Waals surface area (Å²) in [7, 11) is -0.339. The zero-order valence-electron chi connectivity index (χ0n) is 15.6. The summed E-state index contributed by atoms with van der Waals surface area (Å²) in [6.07, 6.45) is 1.29. The first-order chi connectivity index (χ1) is 13.0. The quantitative estimate of drug-likeness (QED) is 0.435. The fourth-order valence-electron chi connectivity index (χ4n) is 2.60. The maximum atomic E-state index is 12.8. The van der Waals surface area contributed by atoms with Gasteiger partial charge in [-0.2, -0.15) is 4.31 Å². The summed E-state index contributed by atoms with van der Waals surface area (Å²) in [5, 5.41) is 0. The average molecular weight is 391 g/mol. The summed E-state index contributed by atoms with van der Waals surface area (Å²) in [6.45, 7) is 0.499. The number of sulfonamides is 1. The summed E-state index contributed by atoms with van der Waals surface area (Å²) in [4.78, 5) is 10.5. The highest BCUT2D eigenvalue weighted by atomic mass is 32.2. The van der Waals surface area contributed by atoms with E-state index in [1.54, 1.807) is 38.5 Å². The molecule has 146 valence electrons. The third-order valence-electron chi connectivity index (χ3n) is 4.15. The number of hydrogen-bond donors (Lipinski definition) is 0. The molecule has 6 nitrogen and oxygen atoms in total. The standard InChI is InChI=1S/C20H25NO5S/c1-25-19-9-5-17(6-10-19)15-21(27(23,24)14-4-3-13-22)16-18-7-11-20(26-2)12-8-18/h5-13H,3-4,14-16H2,1-2H3. The Morgan fingerprint density at radius 2 is 1.30 bits per heavy atom. The molecular formula is C20H25NO5S. The van der Waals surface area contributed by atoms with Crippen LogP contribution in [0.4, 0.5) is 0 Å². The summed E-state index contributed by atoms with van der Waals surface area (Å²) in [6, 6.07) is 14.6. The Morgan fingerprint density at radius 3 is 1.67 bits per heavy atom. The van der Waals surface area contributed by atoms with Crippen LogP contribution in [0, 0.1) is 0 Å². The van der Waals surface area contributed by atoms with Crippen LogP contribution in [0.1, 0.15) is 24.0 Å². The number of carbonyl (C=O) groups excluding carboxylic acids is 1. The molecule has 7 heteroatoms. The van der Waals surface area contributed by atoms with E-state index in [-0.39, 0.29) is 25.3 Å². The van der Waals surface area contributed by atoms with Crippen LogP contribution in [-0.4, -0.2) is 39.0 Å². The van der Waals surface area contributed by atoms with Gasteiger partial charge in [-0.3, -0.25) is 0 Å². The van der Waals surface area contributed by atoms with Gasteiger partial charge in [0.15, 0.2) is 0 Å². The van der Waals surface area contributed by atoms with Crippen LogP contribution in [0.25, 0.3) is 0 Å². The first-order valence-corrected chi connectivity index (χ1v) is 10.3. The van der Waals surface area contributed by atoms with Crippen LogP contribution in [-0.2, 0) is 27.9 Å². The molecule has 0 fully saturated rings. The first-order valence-electron chi connectivity index (χ1n) is 8.66. The van der Waals surface area contributed by atoms with Gasteiger partial charge < -0.3 is 14.3 Å². The van der Waals surface area contributed by atoms with E-state index in [0.717, 1.165) is 17.4 Å². The van der Waals surface area contributed by atoms with Crippen LogP contribution in [0.3, 0.4) is 0 Å². The van der Waals surface area contributed by atoms with E-state index in [9.17, 15) is 13.2 Å². The Hall–Kier alpha value is -2.38. The smallest absolute Gasteiger partial charge is 0.214 e. The lowest BCUT2D eigenvalue weighted by atomic mass is 10.2. The lowest BCUT2D eigenvalue weighted by molar-refractivity contribution is -0.107. The molecule has 2 rings (SSSR count). The molecule has 0 aliphatic rings. The van der Waals surface area contributed by atoms with E-state index >= 15 is 0 Å². The van der Waals surface area contributed by atoms with Crippen molar-refractivity contribution in [2.75, 3.05) is 20.0 Å². The largest absolute Gasteiger partial charge is 0.497 e. The number of nitrogens with zero attached hydrogens (tertiary/aromatic N) is 1. The fraction of sp³-hybridized carbons (Fsp3) is 0.350. The molecule has 0 heterocycles. The lowest BCUT2D eigenvalue weighted by Crippen LogP contribution is -2.32. The van der Waals surface area contributed by atoms with Crippen molar-refractivity contribution in [3.8, 4) is 11.5 Å². The van der Waals surface area contributed by atoms with Gasteiger partial charge in [-0.05, 0) is 41.8 Å². The molecule has 2 aromatic carbocycles. The molecule has 0 N–H and O–H groups in total. The maximum absolute atomic E-state index is 12.8. The number of rotatable bonds is 11. The van der Waals surface area contributed by atoms with Gasteiger partial charge in [-0.1, -0.05) is 24.3 Å². The molecule has 0 saturated heterocycles. The van der Waals surface area contributed by atoms with Crippen molar-refractivity contribution in [2.45, 2.75) is 25.9 Å². The topological polar surface area (TPSA) is 72.9 Å². The van der Waals surface area contributed by atoms with Crippen LogP contribution in [0.2, 0.25) is 0 Å². The van der Waals surface area contributed by atoms with Crippen molar-refractivity contribution < 1.29 is 22.7 Å². The fourth-order valence-corrected chi connectivity index (χ4v) is 4.08. The molecule has 0 unspecified atom stereocenters. The normalized spacial score (nSPS) is 11.4. The number of carbonyl (C=O) groups is 1. The molecule has 27 heavy (non-hydrogen) atoms. The van der Waals surface area contributed by atoms with Crippen LogP contribution in [0.5, 0.6) is 11.5 Å². The highest BCUT2D eigenvalue weighted by Gasteiger charge is 2.22. The molecule has 0 aliphatic heterocycles. The molecule has 0 amide bonds. The van der Waals surface area contributed by atoms with E-state index < -0.39 is 10.0 Å². The molecule has 0 saturated carbocycles. The number of benzene rings is 2. The Labute approximate surface area is 160 Å². The average Bonchev–Trinajstić information content (AvgIpc) is 2.68. The third kappa shape index (κ3) is 6.37. The van der Waals surface area contributed by atoms with Gasteiger partial charge in [0, 0.05) is 19.5 Å². The minimum atomic E-state index is -3.51. The van der Waals surface area contributed by atoms with Crippen molar-refractivity contribution in [1.82, 2.24) is 4.31 Å². The predicted molar refractivity (Wildman–Crippen MR) is 104 cm³/mol. The maximum Gasteiger partial charge on any atom is 0.214 e. The minimum Gasteiger partial charge on any atom is -0.497 e. The van der Waals surface area contributed by atoms with Crippen molar-refractivity contribution in [3.63, 3.8) is 0 Å². The van der Waals surface area contributed by atoms with Crippen molar-refractivity contribution in [2.24, 2.45) is 0 Å². The summed E-state index contributed by atoms with van der Waals surface area (Å²) >= 11 is 0. The second-order valence-corrected chi connectivity index (χ2v) is 8.18. The van der Waals surface area contributed by atoms with Gasteiger partial charge in [0.2, 0.25) is 10.0 Å². The zero-order valence-corrected chi connectivity index (χ0v) is 16.4. The number of aldehydes is 1. The molecule has 0 aliphatic carbocycles. The Balaban J connectivity index is 2.21. The van der Waals surface area contributed by atoms with Crippen LogP contribution < -0.4 is 9.47 Å². The number of hydrogen-bond acceptors (Lipinski definition) is 5. The van der Waals surface area contributed by atoms with E-state index in [4.69, 9.17) is 9.47 Å². The third-order valence-corrected chi connectivity index (χ3v) is 6.00. The highest BCUT2D eigenvalue weighted by molar-refractivity contribution is 7.89. The van der Waals surface area contributed by atoms with Gasteiger partial charge in [0.1, 0.15) is 17.8 Å². The molecule has 0 aromatic heterocycles. The van der Waals surface area contributed by atoms with Gasteiger partial charge in [0.05, 0.1) is 20.0 Å². The van der Waals surface area contributed by atoms with Crippen LogP contribution >= 0.6 is 0 Å². The summed E-state index contributed by atoms with van der Waals surface area (Å²) < 4.78 is 37.4. The number of methoxy groups -OCH3 is 2. The summed E-state index contributed by atoms with van der Waals surface area (Å²) in [5.41, 5.74) is 1.73. The SMILES string of the molecule is COc1ccc(CN(Cc2ccc(OC)cc2)S(=O)(=O)CCCC=O)cc1. The van der Waals surface area contributed by atoms with Gasteiger partial charge >= 0.3 is 0 Å². The molecule has 0 radical (unpaired) electrons. The molecule has 0 atom stereocenters. The Bertz CT molecular complexity index is 767. The van der Waals surface area contributed by atoms with Gasteiger partial charge in [-0.15, -0.1) is 0 Å². The van der Waals surface area contributed by atoms with E-state index in [1.807, 2.05) is 24.3 Å². The second-order valence-electron chi connectivity index (χ2n) is 6.09. The predicted octanol–water partition coefficient (Wildman–Crippen LogP) is 3.01. The zero-order chi connectivity index (χ0) is 19.7. The second kappa shape index (κ2) is 10.1. The van der Waals surface area contributed by atoms with E-state index in [1.165, 1.54) is 4.31 Å². The first kappa shape index (κ1) is 20.9. The number of ether oxygens (including phenoxy) is 2.